The van der Waals surface area contributed by atoms with Gasteiger partial charge in [-0.3, -0.25) is 14.7 Å². The maximum Gasteiger partial charge on any atom is 0.303 e. The zero-order valence-corrected chi connectivity index (χ0v) is 21.2. The number of rotatable bonds is 8. The van der Waals surface area contributed by atoms with Gasteiger partial charge in [-0.1, -0.05) is 23.4 Å². The van der Waals surface area contributed by atoms with Crippen LogP contribution in [0, 0.1) is 17.3 Å². The molecule has 0 unspecified atom stereocenters. The zero-order valence-electron chi connectivity index (χ0n) is 19.7. The number of carboxylic acid groups (broad SMARTS) is 1. The van der Waals surface area contributed by atoms with Crippen LogP contribution in [0.3, 0.4) is 0 Å². The molecule has 0 spiro atoms. The smallest absolute Gasteiger partial charge is 0.303 e. The zero-order chi connectivity index (χ0) is 24.8. The molecule has 2 aromatic heterocycles. The Hall–Kier alpha value is -2.63. The fourth-order valence-electron chi connectivity index (χ4n) is 4.83. The van der Waals surface area contributed by atoms with E-state index in [2.05, 4.69) is 21.7 Å². The molecule has 3 heterocycles. The number of nitrogens with zero attached hydrogens (tertiary/aromatic N) is 2. The predicted molar refractivity (Wildman–Crippen MR) is 139 cm³/mol. The number of methoxy groups -OCH3 is 1. The Balaban J connectivity index is 1.44. The van der Waals surface area contributed by atoms with Gasteiger partial charge in [-0.25, -0.2) is 0 Å². The van der Waals surface area contributed by atoms with Crippen LogP contribution >= 0.6 is 22.9 Å². The number of aromatic nitrogens is 1. The van der Waals surface area contributed by atoms with Crippen LogP contribution in [-0.4, -0.2) is 52.8 Å². The van der Waals surface area contributed by atoms with Crippen molar-refractivity contribution >= 4 is 39.8 Å². The summed E-state index contributed by atoms with van der Waals surface area (Å²) in [6.07, 6.45) is 3.33. The lowest BCUT2D eigenvalue weighted by atomic mass is 9.71. The second-order valence-corrected chi connectivity index (χ2v) is 10.3. The van der Waals surface area contributed by atoms with Crippen molar-refractivity contribution < 1.29 is 19.7 Å². The number of carboxylic acids is 1. The van der Waals surface area contributed by atoms with Gasteiger partial charge in [0.1, 0.15) is 5.75 Å². The third kappa shape index (κ3) is 6.33. The van der Waals surface area contributed by atoms with E-state index in [0.29, 0.717) is 35.7 Å². The normalized spacial score (nSPS) is 16.4. The Bertz CT molecular complexity index is 1230. The summed E-state index contributed by atoms with van der Waals surface area (Å²) in [5.41, 5.74) is 2.00. The molecule has 4 rings (SSSR count). The quantitative estimate of drug-likeness (QED) is 0.394. The Kier molecular flexibility index (Phi) is 8.30. The van der Waals surface area contributed by atoms with E-state index in [1.165, 1.54) is 0 Å². The molecule has 1 aromatic carbocycles. The fourth-order valence-corrected chi connectivity index (χ4v) is 5.70. The Morgan fingerprint density at radius 1 is 1.34 bits per heavy atom. The van der Waals surface area contributed by atoms with Gasteiger partial charge in [-0.2, -0.15) is 11.3 Å². The molecule has 0 radical (unpaired) electrons. The second-order valence-electron chi connectivity index (χ2n) is 9.12. The van der Waals surface area contributed by atoms with Crippen LogP contribution in [0.5, 0.6) is 5.75 Å². The molecule has 1 aliphatic rings. The lowest BCUT2D eigenvalue weighted by molar-refractivity contribution is -0.141. The van der Waals surface area contributed by atoms with Crippen LogP contribution in [0.15, 0.2) is 41.2 Å². The molecule has 0 bridgehead atoms. The number of aliphatic carboxylic acids is 1. The molecular weight excluding hydrogens is 484 g/mol. The number of benzene rings is 1. The van der Waals surface area contributed by atoms with Gasteiger partial charge in [0.2, 0.25) is 0 Å². The summed E-state index contributed by atoms with van der Waals surface area (Å²) in [6.45, 7) is 2.25. The number of hydrogen-bond donors (Lipinski definition) is 2. The lowest BCUT2D eigenvalue weighted by Crippen LogP contribution is -2.41. The maximum absolute atomic E-state index is 11.7. The number of aliphatic hydroxyl groups is 1. The summed E-state index contributed by atoms with van der Waals surface area (Å²) < 4.78 is 5.34. The minimum absolute atomic E-state index is 0.0901. The summed E-state index contributed by atoms with van der Waals surface area (Å²) in [5, 5.41) is 26.0. The highest BCUT2D eigenvalue weighted by Crippen LogP contribution is 2.43. The number of halogens is 1. The minimum Gasteiger partial charge on any atom is -0.497 e. The van der Waals surface area contributed by atoms with Crippen molar-refractivity contribution in [2.45, 2.75) is 38.2 Å². The summed E-state index contributed by atoms with van der Waals surface area (Å²) in [5.74, 6) is 6.26. The number of pyridine rings is 1. The van der Waals surface area contributed by atoms with Crippen molar-refractivity contribution in [1.29, 1.82) is 0 Å². The van der Waals surface area contributed by atoms with Crippen molar-refractivity contribution in [2.24, 2.45) is 5.41 Å². The first-order valence-corrected chi connectivity index (χ1v) is 13.0. The van der Waals surface area contributed by atoms with E-state index in [-0.39, 0.29) is 11.8 Å². The van der Waals surface area contributed by atoms with E-state index in [1.807, 2.05) is 35.0 Å². The van der Waals surface area contributed by atoms with E-state index in [9.17, 15) is 15.0 Å². The molecular formula is C27H29ClN2O4S. The summed E-state index contributed by atoms with van der Waals surface area (Å²) >= 11 is 8.09. The van der Waals surface area contributed by atoms with Crippen molar-refractivity contribution in [2.75, 3.05) is 26.7 Å². The van der Waals surface area contributed by atoms with Crippen LogP contribution in [0.2, 0.25) is 5.02 Å². The Labute approximate surface area is 214 Å². The van der Waals surface area contributed by atoms with Crippen molar-refractivity contribution in [3.05, 3.63) is 57.4 Å². The SMILES string of the molecule is COc1ccc2ncc(Cl)c([C@H](O)CCC3(CC(=O)O)CCN(CC#Cc4ccsc4)CC3)c2c1. The summed E-state index contributed by atoms with van der Waals surface area (Å²) in [7, 11) is 1.59. The summed E-state index contributed by atoms with van der Waals surface area (Å²) in [4.78, 5) is 18.4. The van der Waals surface area contributed by atoms with Crippen molar-refractivity contribution in [3.63, 3.8) is 0 Å². The highest BCUT2D eigenvalue weighted by Gasteiger charge is 2.37. The van der Waals surface area contributed by atoms with Gasteiger partial charge in [0.15, 0.2) is 0 Å². The van der Waals surface area contributed by atoms with Crippen molar-refractivity contribution in [3.8, 4) is 17.6 Å². The number of likely N-dealkylation sites (tertiary alicyclic amines) is 1. The number of hydrogen-bond acceptors (Lipinski definition) is 6. The number of aliphatic hydroxyl groups excluding tert-OH is 1. The van der Waals surface area contributed by atoms with Gasteiger partial charge in [0.05, 0.1) is 36.7 Å². The van der Waals surface area contributed by atoms with Gasteiger partial charge < -0.3 is 14.9 Å². The van der Waals surface area contributed by atoms with E-state index in [1.54, 1.807) is 24.6 Å². The predicted octanol–water partition coefficient (Wildman–Crippen LogP) is 5.38. The molecule has 0 saturated carbocycles. The highest BCUT2D eigenvalue weighted by atomic mass is 35.5. The minimum atomic E-state index is -0.833. The number of carbonyl (C=O) groups is 1. The molecule has 0 aliphatic carbocycles. The van der Waals surface area contributed by atoms with Gasteiger partial charge in [-0.05, 0) is 73.8 Å². The van der Waals surface area contributed by atoms with Crippen LogP contribution < -0.4 is 4.74 Å². The molecule has 6 nitrogen and oxygen atoms in total. The standard InChI is InChI=1S/C27H29ClN2O4S/c1-34-20-4-5-23-21(15-20)26(22(28)17-29-23)24(31)6-8-27(16-25(32)33)9-12-30(13-10-27)11-2-3-19-7-14-35-18-19/h4-5,7,14-15,17-18,24,31H,6,8-13,16H2,1H3,(H,32,33)/t24-/m1/s1. The van der Waals surface area contributed by atoms with Gasteiger partial charge in [0, 0.05) is 28.1 Å². The first-order chi connectivity index (χ1) is 16.9. The van der Waals surface area contributed by atoms with E-state index < -0.39 is 12.1 Å². The maximum atomic E-state index is 11.7. The van der Waals surface area contributed by atoms with Gasteiger partial charge in [0.25, 0.3) is 0 Å². The molecule has 2 N–H and O–H groups in total. The molecule has 184 valence electrons. The summed E-state index contributed by atoms with van der Waals surface area (Å²) in [6, 6.07) is 7.49. The fraction of sp³-hybridized carbons (Fsp3) is 0.407. The second kappa shape index (κ2) is 11.4. The van der Waals surface area contributed by atoms with Crippen LogP contribution in [0.4, 0.5) is 0 Å². The first kappa shape index (κ1) is 25.5. The third-order valence-electron chi connectivity index (χ3n) is 6.85. The monoisotopic (exact) mass is 512 g/mol. The molecule has 1 atom stereocenters. The third-order valence-corrected chi connectivity index (χ3v) is 7.83. The molecule has 1 saturated heterocycles. The number of ether oxygens (including phenoxy) is 1. The number of thiophene rings is 1. The van der Waals surface area contributed by atoms with E-state index in [4.69, 9.17) is 16.3 Å². The largest absolute Gasteiger partial charge is 0.497 e. The average molecular weight is 513 g/mol. The van der Waals surface area contributed by atoms with E-state index >= 15 is 0 Å². The van der Waals surface area contributed by atoms with E-state index in [0.717, 1.165) is 42.4 Å². The van der Waals surface area contributed by atoms with Crippen LogP contribution in [-0.2, 0) is 4.79 Å². The molecule has 3 aromatic rings. The highest BCUT2D eigenvalue weighted by molar-refractivity contribution is 7.08. The first-order valence-electron chi connectivity index (χ1n) is 11.6. The average Bonchev–Trinajstić information content (AvgIpc) is 3.36. The molecule has 35 heavy (non-hydrogen) atoms. The van der Waals surface area contributed by atoms with Gasteiger partial charge >= 0.3 is 5.97 Å². The lowest BCUT2D eigenvalue weighted by Gasteiger charge is -2.41. The Morgan fingerprint density at radius 2 is 2.14 bits per heavy atom. The number of fused-ring (bicyclic) bond motifs is 1. The topological polar surface area (TPSA) is 82.9 Å². The molecule has 1 aliphatic heterocycles. The number of piperidine rings is 1. The Morgan fingerprint density at radius 3 is 2.83 bits per heavy atom. The van der Waals surface area contributed by atoms with Gasteiger partial charge in [-0.15, -0.1) is 0 Å². The van der Waals surface area contributed by atoms with Crippen LogP contribution in [0.25, 0.3) is 10.9 Å². The van der Waals surface area contributed by atoms with Crippen LogP contribution in [0.1, 0.15) is 49.3 Å². The molecule has 1 fully saturated rings. The molecule has 0 amide bonds. The van der Waals surface area contributed by atoms with Crippen molar-refractivity contribution in [1.82, 2.24) is 9.88 Å². The molecule has 8 heteroatoms.